The minimum Gasteiger partial charge on any atom is -0.319 e. The van der Waals surface area contributed by atoms with Crippen LogP contribution in [0.25, 0.3) is 0 Å². The number of benzene rings is 1. The maximum absolute atomic E-state index is 12.4. The van der Waals surface area contributed by atoms with Gasteiger partial charge >= 0.3 is 0 Å². The number of rotatable bonds is 3. The predicted molar refractivity (Wildman–Crippen MR) is 76.6 cm³/mol. The molecule has 0 saturated carbocycles. The van der Waals surface area contributed by atoms with E-state index in [0.29, 0.717) is 6.54 Å². The zero-order chi connectivity index (χ0) is 13.9. The molecule has 1 aromatic rings. The molecule has 1 aromatic carbocycles. The van der Waals surface area contributed by atoms with Gasteiger partial charge in [0.05, 0.1) is 6.04 Å². The number of carbonyl (C=O) groups excluding carboxylic acids is 1. The van der Waals surface area contributed by atoms with E-state index in [1.807, 2.05) is 58.9 Å². The standard InChI is InChI=1S/C15H24N2O/c1-6-17(12-9-7-8-11(2)10-12)14(18)13(16)15(3,4)5/h7-10,13H,6,16H2,1-5H3/t13-/m0/s1. The maximum atomic E-state index is 12.4. The molecule has 0 spiro atoms. The Labute approximate surface area is 110 Å². The summed E-state index contributed by atoms with van der Waals surface area (Å²) in [6.45, 7) is 10.6. The number of amides is 1. The summed E-state index contributed by atoms with van der Waals surface area (Å²) in [5, 5.41) is 0. The third-order valence-corrected chi connectivity index (χ3v) is 3.09. The van der Waals surface area contributed by atoms with Crippen molar-refractivity contribution in [2.75, 3.05) is 11.4 Å². The molecule has 1 amide bonds. The van der Waals surface area contributed by atoms with Crippen molar-refractivity contribution in [1.29, 1.82) is 0 Å². The highest BCUT2D eigenvalue weighted by Gasteiger charge is 2.31. The summed E-state index contributed by atoms with van der Waals surface area (Å²) < 4.78 is 0. The fraction of sp³-hybridized carbons (Fsp3) is 0.533. The van der Waals surface area contributed by atoms with Crippen LogP contribution in [0.3, 0.4) is 0 Å². The molecular formula is C15H24N2O. The first-order valence-corrected chi connectivity index (χ1v) is 6.41. The van der Waals surface area contributed by atoms with Gasteiger partial charge in [0.25, 0.3) is 0 Å². The molecule has 18 heavy (non-hydrogen) atoms. The Morgan fingerprint density at radius 2 is 2.00 bits per heavy atom. The summed E-state index contributed by atoms with van der Waals surface area (Å²) >= 11 is 0. The molecule has 2 N–H and O–H groups in total. The van der Waals surface area contributed by atoms with Gasteiger partial charge < -0.3 is 10.6 Å². The Hall–Kier alpha value is -1.35. The van der Waals surface area contributed by atoms with Gasteiger partial charge in [-0.2, -0.15) is 0 Å². The van der Waals surface area contributed by atoms with E-state index in [1.54, 1.807) is 4.90 Å². The number of carbonyl (C=O) groups is 1. The fourth-order valence-electron chi connectivity index (χ4n) is 1.80. The molecule has 0 aromatic heterocycles. The van der Waals surface area contributed by atoms with Crippen LogP contribution in [0.15, 0.2) is 24.3 Å². The smallest absolute Gasteiger partial charge is 0.244 e. The topological polar surface area (TPSA) is 46.3 Å². The summed E-state index contributed by atoms with van der Waals surface area (Å²) in [6, 6.07) is 7.45. The first-order valence-electron chi connectivity index (χ1n) is 6.41. The van der Waals surface area contributed by atoms with Gasteiger partial charge in [-0.25, -0.2) is 0 Å². The van der Waals surface area contributed by atoms with Crippen molar-refractivity contribution in [1.82, 2.24) is 0 Å². The number of anilines is 1. The number of aryl methyl sites for hydroxylation is 1. The predicted octanol–water partition coefficient (Wildman–Crippen LogP) is 2.72. The summed E-state index contributed by atoms with van der Waals surface area (Å²) in [6.07, 6.45) is 0. The van der Waals surface area contributed by atoms with Crippen molar-refractivity contribution < 1.29 is 4.79 Å². The van der Waals surface area contributed by atoms with Crippen LogP contribution in [0.2, 0.25) is 0 Å². The summed E-state index contributed by atoms with van der Waals surface area (Å²) in [4.78, 5) is 14.2. The molecule has 0 heterocycles. The highest BCUT2D eigenvalue weighted by atomic mass is 16.2. The Balaban J connectivity index is 3.01. The largest absolute Gasteiger partial charge is 0.319 e. The molecule has 1 atom stereocenters. The third-order valence-electron chi connectivity index (χ3n) is 3.09. The highest BCUT2D eigenvalue weighted by Crippen LogP contribution is 2.23. The molecular weight excluding hydrogens is 224 g/mol. The molecule has 0 aliphatic carbocycles. The average molecular weight is 248 g/mol. The van der Waals surface area contributed by atoms with Crippen molar-refractivity contribution in [3.63, 3.8) is 0 Å². The van der Waals surface area contributed by atoms with Gasteiger partial charge in [-0.15, -0.1) is 0 Å². The normalized spacial score (nSPS) is 13.2. The van der Waals surface area contributed by atoms with E-state index in [2.05, 4.69) is 0 Å². The maximum Gasteiger partial charge on any atom is 0.244 e. The van der Waals surface area contributed by atoms with Crippen molar-refractivity contribution in [3.05, 3.63) is 29.8 Å². The van der Waals surface area contributed by atoms with Crippen LogP contribution < -0.4 is 10.6 Å². The lowest BCUT2D eigenvalue weighted by Gasteiger charge is -2.31. The van der Waals surface area contributed by atoms with Crippen molar-refractivity contribution >= 4 is 11.6 Å². The molecule has 1 rings (SSSR count). The van der Waals surface area contributed by atoms with Crippen LogP contribution in [0, 0.1) is 12.3 Å². The van der Waals surface area contributed by atoms with Crippen LogP contribution in [-0.2, 0) is 4.79 Å². The first kappa shape index (κ1) is 14.7. The number of nitrogens with zero attached hydrogens (tertiary/aromatic N) is 1. The zero-order valence-corrected chi connectivity index (χ0v) is 12.0. The molecule has 0 saturated heterocycles. The van der Waals surface area contributed by atoms with Crippen molar-refractivity contribution in [3.8, 4) is 0 Å². The van der Waals surface area contributed by atoms with E-state index in [-0.39, 0.29) is 11.3 Å². The number of hydrogen-bond acceptors (Lipinski definition) is 2. The lowest BCUT2D eigenvalue weighted by Crippen LogP contribution is -2.50. The second-order valence-electron chi connectivity index (χ2n) is 5.77. The second kappa shape index (κ2) is 5.53. The Bertz CT molecular complexity index is 421. The lowest BCUT2D eigenvalue weighted by molar-refractivity contribution is -0.121. The first-order chi connectivity index (χ1) is 8.27. The quantitative estimate of drug-likeness (QED) is 0.894. The fourth-order valence-corrected chi connectivity index (χ4v) is 1.80. The molecule has 0 aliphatic rings. The monoisotopic (exact) mass is 248 g/mol. The molecule has 0 aliphatic heterocycles. The van der Waals surface area contributed by atoms with E-state index in [1.165, 1.54) is 0 Å². The van der Waals surface area contributed by atoms with Crippen molar-refractivity contribution in [2.24, 2.45) is 11.1 Å². The van der Waals surface area contributed by atoms with Gasteiger partial charge in [-0.3, -0.25) is 4.79 Å². The summed E-state index contributed by atoms with van der Waals surface area (Å²) in [5.41, 5.74) is 7.89. The lowest BCUT2D eigenvalue weighted by atomic mass is 9.86. The Kier molecular flexibility index (Phi) is 4.52. The summed E-state index contributed by atoms with van der Waals surface area (Å²) in [5.74, 6) is -0.0180. The van der Waals surface area contributed by atoms with Crippen LogP contribution >= 0.6 is 0 Å². The second-order valence-corrected chi connectivity index (χ2v) is 5.77. The minimum absolute atomic E-state index is 0.0180. The van der Waals surface area contributed by atoms with E-state index >= 15 is 0 Å². The molecule has 0 unspecified atom stereocenters. The number of likely N-dealkylation sites (N-methyl/N-ethyl adjacent to an activating group) is 1. The van der Waals surface area contributed by atoms with E-state index in [0.717, 1.165) is 11.3 Å². The Morgan fingerprint density at radius 1 is 1.39 bits per heavy atom. The van der Waals surface area contributed by atoms with Gasteiger partial charge in [-0.1, -0.05) is 32.9 Å². The van der Waals surface area contributed by atoms with E-state index in [9.17, 15) is 4.79 Å². The minimum atomic E-state index is -0.488. The number of nitrogens with two attached hydrogens (primary N) is 1. The van der Waals surface area contributed by atoms with Crippen LogP contribution in [0.5, 0.6) is 0 Å². The Morgan fingerprint density at radius 3 is 2.44 bits per heavy atom. The molecule has 100 valence electrons. The van der Waals surface area contributed by atoms with Gasteiger partial charge in [-0.05, 0) is 37.0 Å². The zero-order valence-electron chi connectivity index (χ0n) is 12.0. The van der Waals surface area contributed by atoms with Gasteiger partial charge in [0.2, 0.25) is 5.91 Å². The number of hydrogen-bond donors (Lipinski definition) is 1. The van der Waals surface area contributed by atoms with Crippen LogP contribution in [0.4, 0.5) is 5.69 Å². The van der Waals surface area contributed by atoms with Gasteiger partial charge in [0.15, 0.2) is 0 Å². The third kappa shape index (κ3) is 3.33. The van der Waals surface area contributed by atoms with Gasteiger partial charge in [0.1, 0.15) is 0 Å². The molecule has 3 nitrogen and oxygen atoms in total. The summed E-state index contributed by atoms with van der Waals surface area (Å²) in [7, 11) is 0. The molecule has 0 bridgehead atoms. The van der Waals surface area contributed by atoms with Crippen LogP contribution in [-0.4, -0.2) is 18.5 Å². The SMILES string of the molecule is CCN(C(=O)[C@H](N)C(C)(C)C)c1cccc(C)c1. The molecule has 3 heteroatoms. The molecule has 0 fully saturated rings. The van der Waals surface area contributed by atoms with E-state index < -0.39 is 6.04 Å². The molecule has 0 radical (unpaired) electrons. The van der Waals surface area contributed by atoms with Crippen LogP contribution in [0.1, 0.15) is 33.3 Å². The average Bonchev–Trinajstić information content (AvgIpc) is 2.27. The highest BCUT2D eigenvalue weighted by molar-refractivity contribution is 5.97. The van der Waals surface area contributed by atoms with Gasteiger partial charge in [0, 0.05) is 12.2 Å². The van der Waals surface area contributed by atoms with E-state index in [4.69, 9.17) is 5.73 Å². The van der Waals surface area contributed by atoms with Crippen molar-refractivity contribution in [2.45, 2.75) is 40.7 Å².